The summed E-state index contributed by atoms with van der Waals surface area (Å²) in [6.45, 7) is 2.96. The second-order valence-electron chi connectivity index (χ2n) is 5.06. The molecule has 1 fully saturated rings. The predicted molar refractivity (Wildman–Crippen MR) is 73.4 cm³/mol. The minimum Gasteiger partial charge on any atom is -0.493 e. The smallest absolute Gasteiger partial charge is 0.162 e. The highest BCUT2D eigenvalue weighted by Gasteiger charge is 2.18. The van der Waals surface area contributed by atoms with Crippen molar-refractivity contribution in [1.29, 1.82) is 5.26 Å². The third-order valence-electron chi connectivity index (χ3n) is 3.49. The highest BCUT2D eigenvalue weighted by atomic mass is 16.5. The molecule has 0 saturated carbocycles. The highest BCUT2D eigenvalue weighted by Crippen LogP contribution is 2.29. The van der Waals surface area contributed by atoms with E-state index in [0.29, 0.717) is 23.8 Å². The molecule has 19 heavy (non-hydrogen) atoms. The van der Waals surface area contributed by atoms with Crippen molar-refractivity contribution in [2.24, 2.45) is 5.92 Å². The van der Waals surface area contributed by atoms with Gasteiger partial charge in [0.1, 0.15) is 0 Å². The number of methoxy groups -OCH3 is 1. The maximum atomic E-state index is 8.86. The lowest BCUT2D eigenvalue weighted by Gasteiger charge is -2.29. The molecule has 2 rings (SSSR count). The maximum absolute atomic E-state index is 8.86. The third kappa shape index (κ3) is 3.62. The summed E-state index contributed by atoms with van der Waals surface area (Å²) in [6, 6.07) is 7.37. The number of ether oxygens (including phenoxy) is 2. The molecule has 0 aromatic heterocycles. The van der Waals surface area contributed by atoms with Gasteiger partial charge in [-0.15, -0.1) is 0 Å². The van der Waals surface area contributed by atoms with E-state index in [4.69, 9.17) is 14.7 Å². The summed E-state index contributed by atoms with van der Waals surface area (Å²) in [5.41, 5.74) is 0.585. The van der Waals surface area contributed by atoms with Gasteiger partial charge in [0.25, 0.3) is 0 Å². The van der Waals surface area contributed by atoms with E-state index >= 15 is 0 Å². The van der Waals surface area contributed by atoms with Gasteiger partial charge in [0.15, 0.2) is 11.5 Å². The van der Waals surface area contributed by atoms with Gasteiger partial charge in [-0.2, -0.15) is 5.26 Å². The van der Waals surface area contributed by atoms with Crippen molar-refractivity contribution in [2.45, 2.75) is 12.8 Å². The monoisotopic (exact) mass is 260 g/mol. The zero-order valence-electron chi connectivity index (χ0n) is 11.6. The quantitative estimate of drug-likeness (QED) is 0.833. The third-order valence-corrected chi connectivity index (χ3v) is 3.49. The van der Waals surface area contributed by atoms with Gasteiger partial charge in [0.05, 0.1) is 25.3 Å². The first kappa shape index (κ1) is 13.7. The van der Waals surface area contributed by atoms with Crippen molar-refractivity contribution in [1.82, 2.24) is 4.90 Å². The molecule has 0 radical (unpaired) electrons. The van der Waals surface area contributed by atoms with Gasteiger partial charge in [-0.3, -0.25) is 0 Å². The molecule has 1 unspecified atom stereocenters. The van der Waals surface area contributed by atoms with Crippen LogP contribution in [-0.2, 0) is 0 Å². The molecule has 4 nitrogen and oxygen atoms in total. The number of nitrogens with zero attached hydrogens (tertiary/aromatic N) is 2. The van der Waals surface area contributed by atoms with Crippen molar-refractivity contribution in [3.63, 3.8) is 0 Å². The van der Waals surface area contributed by atoms with Crippen molar-refractivity contribution in [2.75, 3.05) is 33.9 Å². The summed E-state index contributed by atoms with van der Waals surface area (Å²) in [5, 5.41) is 8.86. The molecule has 1 aliphatic heterocycles. The summed E-state index contributed by atoms with van der Waals surface area (Å²) >= 11 is 0. The first-order valence-electron chi connectivity index (χ1n) is 6.62. The SMILES string of the molecule is COc1cc(C#N)ccc1OCC1CCCN(C)C1. The Hall–Kier alpha value is -1.73. The molecule has 1 saturated heterocycles. The minimum absolute atomic E-state index is 0.569. The van der Waals surface area contributed by atoms with Crippen molar-refractivity contribution < 1.29 is 9.47 Å². The molecule has 0 amide bonds. The fourth-order valence-electron chi connectivity index (χ4n) is 2.47. The zero-order valence-corrected chi connectivity index (χ0v) is 11.6. The van der Waals surface area contributed by atoms with E-state index in [1.807, 2.05) is 6.07 Å². The standard InChI is InChI=1S/C15H20N2O2/c1-17-7-3-4-13(10-17)11-19-14-6-5-12(9-16)8-15(14)18-2/h5-6,8,13H,3-4,7,10-11H2,1-2H3. The van der Waals surface area contributed by atoms with Gasteiger partial charge >= 0.3 is 0 Å². The second-order valence-corrected chi connectivity index (χ2v) is 5.06. The Bertz CT molecular complexity index is 468. The molecule has 1 heterocycles. The summed E-state index contributed by atoms with van der Waals surface area (Å²) in [5.74, 6) is 1.91. The average Bonchev–Trinajstić information content (AvgIpc) is 2.45. The number of likely N-dealkylation sites (tertiary alicyclic amines) is 1. The molecule has 1 aromatic rings. The number of rotatable bonds is 4. The summed E-state index contributed by atoms with van der Waals surface area (Å²) in [6.07, 6.45) is 2.44. The Morgan fingerprint density at radius 2 is 2.26 bits per heavy atom. The fraction of sp³-hybridized carbons (Fsp3) is 0.533. The summed E-state index contributed by atoms with van der Waals surface area (Å²) in [4.78, 5) is 2.34. The molecular formula is C15H20N2O2. The van der Waals surface area contributed by atoms with E-state index in [2.05, 4.69) is 18.0 Å². The molecule has 1 atom stereocenters. The van der Waals surface area contributed by atoms with E-state index in [9.17, 15) is 0 Å². The first-order chi connectivity index (χ1) is 9.22. The zero-order chi connectivity index (χ0) is 13.7. The van der Waals surface area contributed by atoms with Crippen LogP contribution >= 0.6 is 0 Å². The molecule has 0 aliphatic carbocycles. The molecule has 4 heteroatoms. The van der Waals surface area contributed by atoms with Crippen LogP contribution in [0.4, 0.5) is 0 Å². The molecule has 0 N–H and O–H groups in total. The van der Waals surface area contributed by atoms with Crippen LogP contribution in [0.15, 0.2) is 18.2 Å². The van der Waals surface area contributed by atoms with Gasteiger partial charge in [0.2, 0.25) is 0 Å². The maximum Gasteiger partial charge on any atom is 0.162 e. The fourth-order valence-corrected chi connectivity index (χ4v) is 2.47. The molecule has 1 aromatic carbocycles. The number of nitriles is 1. The Morgan fingerprint density at radius 1 is 1.42 bits per heavy atom. The highest BCUT2D eigenvalue weighted by molar-refractivity contribution is 5.46. The lowest BCUT2D eigenvalue weighted by atomic mass is 9.99. The largest absolute Gasteiger partial charge is 0.493 e. The molecule has 0 bridgehead atoms. The van der Waals surface area contributed by atoms with Gasteiger partial charge in [0, 0.05) is 18.5 Å². The Labute approximate surface area is 114 Å². The van der Waals surface area contributed by atoms with E-state index < -0.39 is 0 Å². The van der Waals surface area contributed by atoms with Crippen LogP contribution in [0.3, 0.4) is 0 Å². The van der Waals surface area contributed by atoms with Crippen LogP contribution in [-0.4, -0.2) is 38.8 Å². The van der Waals surface area contributed by atoms with E-state index in [0.717, 1.165) is 12.3 Å². The number of hydrogen-bond acceptors (Lipinski definition) is 4. The second kappa shape index (κ2) is 6.44. The van der Waals surface area contributed by atoms with E-state index in [1.54, 1.807) is 19.2 Å². The van der Waals surface area contributed by atoms with Gasteiger partial charge in [-0.1, -0.05) is 0 Å². The Morgan fingerprint density at radius 3 is 2.95 bits per heavy atom. The number of hydrogen-bond donors (Lipinski definition) is 0. The van der Waals surface area contributed by atoms with Crippen LogP contribution < -0.4 is 9.47 Å². The van der Waals surface area contributed by atoms with Crippen LogP contribution in [0.2, 0.25) is 0 Å². The van der Waals surface area contributed by atoms with Crippen LogP contribution in [0.5, 0.6) is 11.5 Å². The molecule has 102 valence electrons. The molecular weight excluding hydrogens is 240 g/mol. The van der Waals surface area contributed by atoms with Crippen LogP contribution in [0.1, 0.15) is 18.4 Å². The van der Waals surface area contributed by atoms with Crippen molar-refractivity contribution >= 4 is 0 Å². The van der Waals surface area contributed by atoms with Crippen molar-refractivity contribution in [3.05, 3.63) is 23.8 Å². The van der Waals surface area contributed by atoms with Gasteiger partial charge in [-0.25, -0.2) is 0 Å². The van der Waals surface area contributed by atoms with Crippen LogP contribution in [0.25, 0.3) is 0 Å². The van der Waals surface area contributed by atoms with E-state index in [-0.39, 0.29) is 0 Å². The predicted octanol–water partition coefficient (Wildman–Crippen LogP) is 2.29. The summed E-state index contributed by atoms with van der Waals surface area (Å²) < 4.78 is 11.1. The van der Waals surface area contributed by atoms with Gasteiger partial charge < -0.3 is 14.4 Å². The topological polar surface area (TPSA) is 45.5 Å². The number of piperidine rings is 1. The minimum atomic E-state index is 0.569. The van der Waals surface area contributed by atoms with Crippen molar-refractivity contribution in [3.8, 4) is 17.6 Å². The normalized spacial score (nSPS) is 19.7. The average molecular weight is 260 g/mol. The summed E-state index contributed by atoms with van der Waals surface area (Å²) in [7, 11) is 3.74. The molecule has 0 spiro atoms. The Kier molecular flexibility index (Phi) is 4.64. The number of benzene rings is 1. The van der Waals surface area contributed by atoms with Gasteiger partial charge in [-0.05, 0) is 38.6 Å². The Balaban J connectivity index is 1.97. The molecule has 1 aliphatic rings. The van der Waals surface area contributed by atoms with Crippen LogP contribution in [0, 0.1) is 17.2 Å². The lowest BCUT2D eigenvalue weighted by Crippen LogP contribution is -2.34. The van der Waals surface area contributed by atoms with E-state index in [1.165, 1.54) is 19.4 Å². The lowest BCUT2D eigenvalue weighted by molar-refractivity contribution is 0.148. The first-order valence-corrected chi connectivity index (χ1v) is 6.62.